The molecule has 5 heteroatoms. The first kappa shape index (κ1) is 13.8. The van der Waals surface area contributed by atoms with E-state index in [0.29, 0.717) is 13.2 Å². The van der Waals surface area contributed by atoms with E-state index in [9.17, 15) is 4.79 Å². The van der Waals surface area contributed by atoms with Gasteiger partial charge in [0.25, 0.3) is 0 Å². The van der Waals surface area contributed by atoms with E-state index >= 15 is 0 Å². The van der Waals surface area contributed by atoms with Crippen molar-refractivity contribution in [1.82, 2.24) is 4.90 Å². The third-order valence-electron chi connectivity index (χ3n) is 2.39. The van der Waals surface area contributed by atoms with Gasteiger partial charge in [-0.05, 0) is 25.6 Å². The Balaban J connectivity index is 1.99. The maximum Gasteiger partial charge on any atom is 0.332 e. The van der Waals surface area contributed by atoms with E-state index in [-0.39, 0.29) is 12.6 Å². The van der Waals surface area contributed by atoms with E-state index < -0.39 is 0 Å². The summed E-state index contributed by atoms with van der Waals surface area (Å²) < 4.78 is 10.0. The second kappa shape index (κ2) is 8.84. The molecule has 0 unspecified atom stereocenters. The zero-order chi connectivity index (χ0) is 11.6. The fourth-order valence-electron chi connectivity index (χ4n) is 1.57. The van der Waals surface area contributed by atoms with Crippen LogP contribution in [0.1, 0.15) is 13.3 Å². The van der Waals surface area contributed by atoms with Crippen LogP contribution in [0.15, 0.2) is 0 Å². The van der Waals surface area contributed by atoms with Crippen LogP contribution in [0, 0.1) is 0 Å². The first-order chi connectivity index (χ1) is 7.83. The molecule has 0 amide bonds. The maximum atomic E-state index is 11.0. The van der Waals surface area contributed by atoms with Crippen molar-refractivity contribution in [3.8, 4) is 0 Å². The number of hydrogen-bond acceptors (Lipinski definition) is 5. The molecule has 0 spiro atoms. The molecule has 0 radical (unpaired) electrons. The summed E-state index contributed by atoms with van der Waals surface area (Å²) in [5.41, 5.74) is 0. The fraction of sp³-hybridized carbons (Fsp3) is 0.909. The Morgan fingerprint density at radius 1 is 1.38 bits per heavy atom. The van der Waals surface area contributed by atoms with Gasteiger partial charge in [0, 0.05) is 18.8 Å². The van der Waals surface area contributed by atoms with Crippen LogP contribution >= 0.6 is 11.8 Å². The molecule has 1 heterocycles. The molecular weight excluding hydrogens is 226 g/mol. The molecule has 94 valence electrons. The summed E-state index contributed by atoms with van der Waals surface area (Å²) in [5, 5.41) is 0. The predicted molar refractivity (Wildman–Crippen MR) is 65.8 cm³/mol. The molecule has 1 aliphatic rings. The third kappa shape index (κ3) is 6.35. The van der Waals surface area contributed by atoms with Crippen LogP contribution in [0.25, 0.3) is 0 Å². The Bertz CT molecular complexity index is 194. The number of hydrogen-bond donors (Lipinski definition) is 0. The zero-order valence-electron chi connectivity index (χ0n) is 9.94. The normalized spacial score (nSPS) is 18.1. The molecule has 1 fully saturated rings. The molecular formula is C11H21NO3S. The number of carbonyl (C=O) groups is 1. The SMILES string of the molecule is CCOC(=O)COCCN1CCCSCC1. The van der Waals surface area contributed by atoms with Crippen LogP contribution in [0.2, 0.25) is 0 Å². The quantitative estimate of drug-likeness (QED) is 0.517. The highest BCUT2D eigenvalue weighted by molar-refractivity contribution is 7.99. The molecule has 16 heavy (non-hydrogen) atoms. The summed E-state index contributed by atoms with van der Waals surface area (Å²) in [7, 11) is 0. The highest BCUT2D eigenvalue weighted by atomic mass is 32.2. The van der Waals surface area contributed by atoms with Gasteiger partial charge in [-0.3, -0.25) is 0 Å². The first-order valence-corrected chi connectivity index (χ1v) is 7.02. The Labute approximate surface area is 102 Å². The first-order valence-electron chi connectivity index (χ1n) is 5.86. The predicted octanol–water partition coefficient (Wildman–Crippen LogP) is 1.01. The van der Waals surface area contributed by atoms with Crippen LogP contribution in [-0.2, 0) is 14.3 Å². The van der Waals surface area contributed by atoms with Gasteiger partial charge in [-0.2, -0.15) is 11.8 Å². The number of rotatable bonds is 6. The second-order valence-corrected chi connectivity index (χ2v) is 4.89. The topological polar surface area (TPSA) is 38.8 Å². The molecule has 0 atom stereocenters. The van der Waals surface area contributed by atoms with Gasteiger partial charge < -0.3 is 14.4 Å². The van der Waals surface area contributed by atoms with Gasteiger partial charge in [0.1, 0.15) is 6.61 Å². The summed E-state index contributed by atoms with van der Waals surface area (Å²) in [5.74, 6) is 2.20. The number of ether oxygens (including phenoxy) is 2. The average molecular weight is 247 g/mol. The highest BCUT2D eigenvalue weighted by Crippen LogP contribution is 2.09. The summed E-state index contributed by atoms with van der Waals surface area (Å²) in [6.07, 6.45) is 1.25. The van der Waals surface area contributed by atoms with E-state index in [0.717, 1.165) is 19.6 Å². The smallest absolute Gasteiger partial charge is 0.332 e. The molecule has 4 nitrogen and oxygen atoms in total. The van der Waals surface area contributed by atoms with E-state index in [4.69, 9.17) is 9.47 Å². The summed E-state index contributed by atoms with van der Waals surface area (Å²) in [6, 6.07) is 0. The van der Waals surface area contributed by atoms with Gasteiger partial charge in [0.2, 0.25) is 0 Å². The third-order valence-corrected chi connectivity index (χ3v) is 3.44. The monoisotopic (exact) mass is 247 g/mol. The maximum absolute atomic E-state index is 11.0. The van der Waals surface area contributed by atoms with Crippen molar-refractivity contribution in [2.24, 2.45) is 0 Å². The van der Waals surface area contributed by atoms with Gasteiger partial charge in [0.05, 0.1) is 13.2 Å². The van der Waals surface area contributed by atoms with Crippen LogP contribution in [0.5, 0.6) is 0 Å². The van der Waals surface area contributed by atoms with E-state index in [1.165, 1.54) is 17.9 Å². The Morgan fingerprint density at radius 3 is 3.06 bits per heavy atom. The molecule has 1 rings (SSSR count). The molecule has 0 N–H and O–H groups in total. The lowest BCUT2D eigenvalue weighted by Crippen LogP contribution is -2.30. The van der Waals surface area contributed by atoms with Gasteiger partial charge in [-0.1, -0.05) is 0 Å². The van der Waals surface area contributed by atoms with Gasteiger partial charge >= 0.3 is 5.97 Å². The summed E-state index contributed by atoms with van der Waals surface area (Å²) >= 11 is 2.01. The molecule has 1 aliphatic heterocycles. The molecule has 0 aromatic heterocycles. The van der Waals surface area contributed by atoms with Crippen molar-refractivity contribution in [3.63, 3.8) is 0 Å². The van der Waals surface area contributed by atoms with Crippen LogP contribution < -0.4 is 0 Å². The molecule has 0 aliphatic carbocycles. The summed E-state index contributed by atoms with van der Waals surface area (Å²) in [4.78, 5) is 13.4. The van der Waals surface area contributed by atoms with Gasteiger partial charge in [0.15, 0.2) is 0 Å². The number of thioether (sulfide) groups is 1. The number of carbonyl (C=O) groups excluding carboxylic acids is 1. The average Bonchev–Trinajstić information content (AvgIpc) is 2.53. The number of esters is 1. The van der Waals surface area contributed by atoms with Crippen molar-refractivity contribution in [3.05, 3.63) is 0 Å². The Hall–Kier alpha value is -0.260. The van der Waals surface area contributed by atoms with Crippen molar-refractivity contribution >= 4 is 17.7 Å². The Kier molecular flexibility index (Phi) is 7.63. The van der Waals surface area contributed by atoms with Crippen molar-refractivity contribution in [2.75, 3.05) is 51.0 Å². The fourth-order valence-corrected chi connectivity index (χ4v) is 2.50. The Morgan fingerprint density at radius 2 is 2.25 bits per heavy atom. The zero-order valence-corrected chi connectivity index (χ0v) is 10.8. The minimum absolute atomic E-state index is 0.0798. The minimum atomic E-state index is -0.270. The van der Waals surface area contributed by atoms with Crippen molar-refractivity contribution in [2.45, 2.75) is 13.3 Å². The van der Waals surface area contributed by atoms with Crippen molar-refractivity contribution < 1.29 is 14.3 Å². The summed E-state index contributed by atoms with van der Waals surface area (Å²) in [6.45, 7) is 6.11. The minimum Gasteiger partial charge on any atom is -0.464 e. The van der Waals surface area contributed by atoms with Crippen LogP contribution in [0.3, 0.4) is 0 Å². The lowest BCUT2D eigenvalue weighted by atomic mass is 10.4. The lowest BCUT2D eigenvalue weighted by Gasteiger charge is -2.18. The van der Waals surface area contributed by atoms with E-state index in [1.54, 1.807) is 6.92 Å². The standard InChI is InChI=1S/C11H21NO3S/c1-2-15-11(13)10-14-7-5-12-4-3-8-16-9-6-12/h2-10H2,1H3. The number of nitrogens with zero attached hydrogens (tertiary/aromatic N) is 1. The molecule has 0 aromatic carbocycles. The molecule has 0 bridgehead atoms. The molecule has 0 saturated carbocycles. The van der Waals surface area contributed by atoms with E-state index in [1.807, 2.05) is 11.8 Å². The van der Waals surface area contributed by atoms with E-state index in [2.05, 4.69) is 4.90 Å². The molecule has 1 saturated heterocycles. The van der Waals surface area contributed by atoms with Crippen LogP contribution in [-0.4, -0.2) is 61.8 Å². The highest BCUT2D eigenvalue weighted by Gasteiger charge is 2.09. The second-order valence-electron chi connectivity index (χ2n) is 3.67. The van der Waals surface area contributed by atoms with Gasteiger partial charge in [-0.15, -0.1) is 0 Å². The van der Waals surface area contributed by atoms with Gasteiger partial charge in [-0.25, -0.2) is 4.79 Å². The lowest BCUT2D eigenvalue weighted by molar-refractivity contribution is -0.148. The largest absolute Gasteiger partial charge is 0.464 e. The van der Waals surface area contributed by atoms with Crippen molar-refractivity contribution in [1.29, 1.82) is 0 Å². The molecule has 0 aromatic rings. The van der Waals surface area contributed by atoms with Crippen LogP contribution in [0.4, 0.5) is 0 Å².